The Morgan fingerprint density at radius 2 is 1.89 bits per heavy atom. The Bertz CT molecular complexity index is 789. The van der Waals surface area contributed by atoms with E-state index in [1.54, 1.807) is 13.2 Å². The van der Waals surface area contributed by atoms with Crippen LogP contribution in [0.1, 0.15) is 24.0 Å². The van der Waals surface area contributed by atoms with Gasteiger partial charge in [0.1, 0.15) is 5.75 Å². The molecule has 0 atom stereocenters. The minimum atomic E-state index is -0.0456. The SMILES string of the molecule is COc1ccc(Cl)cc1CN(C)CC(=O)Nc1ccc(CN2CCCC2)cc1. The maximum Gasteiger partial charge on any atom is 0.238 e. The monoisotopic (exact) mass is 401 g/mol. The molecule has 1 saturated heterocycles. The van der Waals surface area contributed by atoms with Gasteiger partial charge in [-0.25, -0.2) is 0 Å². The second-order valence-corrected chi connectivity index (χ2v) is 7.79. The van der Waals surface area contributed by atoms with Gasteiger partial charge in [-0.15, -0.1) is 0 Å². The van der Waals surface area contributed by atoms with Crippen LogP contribution in [0.5, 0.6) is 5.75 Å². The molecule has 3 rings (SSSR count). The van der Waals surface area contributed by atoms with E-state index in [0.717, 1.165) is 23.5 Å². The lowest BCUT2D eigenvalue weighted by Gasteiger charge is -2.18. The molecule has 1 amide bonds. The van der Waals surface area contributed by atoms with Gasteiger partial charge in [-0.05, 0) is 68.9 Å². The van der Waals surface area contributed by atoms with Crippen molar-refractivity contribution in [1.82, 2.24) is 9.80 Å². The summed E-state index contributed by atoms with van der Waals surface area (Å²) in [5.41, 5.74) is 3.06. The normalized spacial score (nSPS) is 14.4. The van der Waals surface area contributed by atoms with Crippen molar-refractivity contribution in [3.8, 4) is 5.75 Å². The van der Waals surface area contributed by atoms with Crippen LogP contribution in [0, 0.1) is 0 Å². The molecule has 0 unspecified atom stereocenters. The van der Waals surface area contributed by atoms with Gasteiger partial charge < -0.3 is 10.1 Å². The van der Waals surface area contributed by atoms with Gasteiger partial charge in [0.2, 0.25) is 5.91 Å². The van der Waals surface area contributed by atoms with Crippen molar-refractivity contribution in [3.63, 3.8) is 0 Å². The second-order valence-electron chi connectivity index (χ2n) is 7.36. The number of carbonyl (C=O) groups excluding carboxylic acids is 1. The minimum Gasteiger partial charge on any atom is -0.496 e. The standard InChI is InChI=1S/C22H28ClN3O2/c1-25(15-18-13-19(23)7-10-21(18)28-2)16-22(27)24-20-8-5-17(6-9-20)14-26-11-3-4-12-26/h5-10,13H,3-4,11-12,14-16H2,1-2H3,(H,24,27). The Hall–Kier alpha value is -2.08. The van der Waals surface area contributed by atoms with Gasteiger partial charge in [0.05, 0.1) is 13.7 Å². The molecule has 1 aliphatic rings. The fraction of sp³-hybridized carbons (Fsp3) is 0.409. The number of rotatable bonds is 8. The zero-order valence-electron chi connectivity index (χ0n) is 16.6. The summed E-state index contributed by atoms with van der Waals surface area (Å²) in [5, 5.41) is 3.62. The Morgan fingerprint density at radius 1 is 1.18 bits per heavy atom. The van der Waals surface area contributed by atoms with Gasteiger partial charge in [0.15, 0.2) is 0 Å². The highest BCUT2D eigenvalue weighted by molar-refractivity contribution is 6.30. The molecule has 1 aliphatic heterocycles. The third-order valence-electron chi connectivity index (χ3n) is 4.94. The van der Waals surface area contributed by atoms with E-state index in [1.807, 2.05) is 36.2 Å². The molecular weight excluding hydrogens is 374 g/mol. The van der Waals surface area contributed by atoms with E-state index in [1.165, 1.54) is 31.5 Å². The fourth-order valence-corrected chi connectivity index (χ4v) is 3.75. The number of nitrogens with zero attached hydrogens (tertiary/aromatic N) is 2. The van der Waals surface area contributed by atoms with Crippen molar-refractivity contribution < 1.29 is 9.53 Å². The van der Waals surface area contributed by atoms with Crippen molar-refractivity contribution in [3.05, 3.63) is 58.6 Å². The first-order chi connectivity index (χ1) is 13.5. The fourth-order valence-electron chi connectivity index (χ4n) is 3.56. The van der Waals surface area contributed by atoms with Crippen LogP contribution in [-0.2, 0) is 17.9 Å². The molecule has 2 aromatic rings. The summed E-state index contributed by atoms with van der Waals surface area (Å²) >= 11 is 6.08. The van der Waals surface area contributed by atoms with Crippen molar-refractivity contribution >= 4 is 23.2 Å². The first-order valence-electron chi connectivity index (χ1n) is 9.65. The number of amides is 1. The maximum absolute atomic E-state index is 12.4. The van der Waals surface area contributed by atoms with Crippen LogP contribution < -0.4 is 10.1 Å². The molecule has 1 N–H and O–H groups in total. The third-order valence-corrected chi connectivity index (χ3v) is 5.17. The number of benzene rings is 2. The lowest BCUT2D eigenvalue weighted by molar-refractivity contribution is -0.117. The molecule has 1 fully saturated rings. The summed E-state index contributed by atoms with van der Waals surface area (Å²) < 4.78 is 5.37. The molecule has 150 valence electrons. The van der Waals surface area contributed by atoms with Crippen molar-refractivity contribution in [1.29, 1.82) is 0 Å². The zero-order chi connectivity index (χ0) is 19.9. The molecular formula is C22H28ClN3O2. The van der Waals surface area contributed by atoms with E-state index in [2.05, 4.69) is 22.3 Å². The highest BCUT2D eigenvalue weighted by Crippen LogP contribution is 2.23. The molecule has 1 heterocycles. The summed E-state index contributed by atoms with van der Waals surface area (Å²) in [6.45, 7) is 4.21. The van der Waals surface area contributed by atoms with Crippen molar-refractivity contribution in [2.75, 3.05) is 39.1 Å². The number of halogens is 1. The Morgan fingerprint density at radius 3 is 2.57 bits per heavy atom. The summed E-state index contributed by atoms with van der Waals surface area (Å²) in [6.07, 6.45) is 2.59. The van der Waals surface area contributed by atoms with E-state index in [9.17, 15) is 4.79 Å². The first-order valence-corrected chi connectivity index (χ1v) is 10.0. The number of hydrogen-bond donors (Lipinski definition) is 1. The molecule has 28 heavy (non-hydrogen) atoms. The van der Waals surface area contributed by atoms with Crippen LogP contribution in [0.3, 0.4) is 0 Å². The van der Waals surface area contributed by atoms with E-state index in [-0.39, 0.29) is 12.5 Å². The molecule has 0 bridgehead atoms. The maximum atomic E-state index is 12.4. The Balaban J connectivity index is 1.50. The van der Waals surface area contributed by atoms with Gasteiger partial charge >= 0.3 is 0 Å². The number of nitrogens with one attached hydrogen (secondary N) is 1. The lowest BCUT2D eigenvalue weighted by atomic mass is 10.2. The molecule has 6 heteroatoms. The van der Waals surface area contributed by atoms with Gasteiger partial charge in [-0.2, -0.15) is 0 Å². The van der Waals surface area contributed by atoms with Crippen LogP contribution in [0.2, 0.25) is 5.02 Å². The smallest absolute Gasteiger partial charge is 0.238 e. The minimum absolute atomic E-state index is 0.0456. The van der Waals surface area contributed by atoms with Crippen LogP contribution >= 0.6 is 11.6 Å². The highest BCUT2D eigenvalue weighted by atomic mass is 35.5. The Kier molecular flexibility index (Phi) is 7.31. The van der Waals surface area contributed by atoms with E-state index < -0.39 is 0 Å². The third kappa shape index (κ3) is 5.96. The van der Waals surface area contributed by atoms with Gasteiger partial charge in [0, 0.05) is 29.4 Å². The molecule has 5 nitrogen and oxygen atoms in total. The predicted octanol–water partition coefficient (Wildman–Crippen LogP) is 4.01. The number of likely N-dealkylation sites (N-methyl/N-ethyl adjacent to an activating group) is 1. The average Bonchev–Trinajstić information content (AvgIpc) is 3.16. The Labute approximate surface area is 172 Å². The quantitative estimate of drug-likeness (QED) is 0.725. The van der Waals surface area contributed by atoms with E-state index in [0.29, 0.717) is 11.6 Å². The molecule has 0 aromatic heterocycles. The lowest BCUT2D eigenvalue weighted by Crippen LogP contribution is -2.30. The number of likely N-dealkylation sites (tertiary alicyclic amines) is 1. The van der Waals surface area contributed by atoms with E-state index in [4.69, 9.17) is 16.3 Å². The van der Waals surface area contributed by atoms with Gasteiger partial charge in [0.25, 0.3) is 0 Å². The topological polar surface area (TPSA) is 44.8 Å². The number of anilines is 1. The van der Waals surface area contributed by atoms with Crippen molar-refractivity contribution in [2.45, 2.75) is 25.9 Å². The number of hydrogen-bond acceptors (Lipinski definition) is 4. The summed E-state index contributed by atoms with van der Waals surface area (Å²) in [6, 6.07) is 13.6. The predicted molar refractivity (Wildman–Crippen MR) is 114 cm³/mol. The summed E-state index contributed by atoms with van der Waals surface area (Å²) in [7, 11) is 3.53. The van der Waals surface area contributed by atoms with E-state index >= 15 is 0 Å². The molecule has 0 radical (unpaired) electrons. The highest BCUT2D eigenvalue weighted by Gasteiger charge is 2.13. The first kappa shape index (κ1) is 20.6. The summed E-state index contributed by atoms with van der Waals surface area (Å²) in [4.78, 5) is 16.8. The molecule has 2 aromatic carbocycles. The number of ether oxygens (including phenoxy) is 1. The number of methoxy groups -OCH3 is 1. The van der Waals surface area contributed by atoms with Crippen LogP contribution in [0.25, 0.3) is 0 Å². The molecule has 0 saturated carbocycles. The summed E-state index contributed by atoms with van der Waals surface area (Å²) in [5.74, 6) is 0.723. The second kappa shape index (κ2) is 9.92. The van der Waals surface area contributed by atoms with Crippen LogP contribution in [0.4, 0.5) is 5.69 Å². The average molecular weight is 402 g/mol. The largest absolute Gasteiger partial charge is 0.496 e. The molecule has 0 spiro atoms. The van der Waals surface area contributed by atoms with Gasteiger partial charge in [-0.3, -0.25) is 14.6 Å². The van der Waals surface area contributed by atoms with Crippen molar-refractivity contribution in [2.24, 2.45) is 0 Å². The zero-order valence-corrected chi connectivity index (χ0v) is 17.3. The molecule has 0 aliphatic carbocycles. The van der Waals surface area contributed by atoms with Crippen LogP contribution in [0.15, 0.2) is 42.5 Å². The number of carbonyl (C=O) groups is 1. The van der Waals surface area contributed by atoms with Gasteiger partial charge in [-0.1, -0.05) is 23.7 Å². The van der Waals surface area contributed by atoms with Crippen LogP contribution in [-0.4, -0.2) is 49.5 Å².